The van der Waals surface area contributed by atoms with Gasteiger partial charge in [0, 0.05) is 59.5 Å². The van der Waals surface area contributed by atoms with Gasteiger partial charge in [-0.25, -0.2) is 0 Å². The van der Waals surface area contributed by atoms with Crippen molar-refractivity contribution in [3.8, 4) is 0 Å². The van der Waals surface area contributed by atoms with Gasteiger partial charge >= 0.3 is 29.6 Å². The van der Waals surface area contributed by atoms with Crippen molar-refractivity contribution >= 4 is 64.7 Å². The summed E-state index contributed by atoms with van der Waals surface area (Å²) in [4.78, 5) is 16.5. The van der Waals surface area contributed by atoms with Gasteiger partial charge in [-0.15, -0.1) is 0 Å². The minimum atomic E-state index is -4.08. The van der Waals surface area contributed by atoms with E-state index in [1.807, 2.05) is 42.5 Å². The maximum absolute atomic E-state index is 14.2. The predicted molar refractivity (Wildman–Crippen MR) is 264 cm³/mol. The van der Waals surface area contributed by atoms with Crippen molar-refractivity contribution < 1.29 is 64.9 Å². The molecule has 2 N–H and O–H groups in total. The minimum absolute atomic E-state index is 0. The number of carbonyl (C=O) groups excluding carboxylic acids is 1. The molecule has 2 aliphatic heterocycles. The molecule has 3 aliphatic rings. The second-order valence-corrected chi connectivity index (χ2v) is 21.8. The van der Waals surface area contributed by atoms with Crippen LogP contribution in [0, 0.1) is 0 Å². The molecule has 5 aromatic rings. The molecule has 338 valence electrons. The Kier molecular flexibility index (Phi) is 15.0. The fourth-order valence-electron chi connectivity index (χ4n) is 10.5. The van der Waals surface area contributed by atoms with Crippen LogP contribution in [-0.2, 0) is 31.1 Å². The number of nitrogens with zero attached hydrogens (tertiary/aromatic N) is 2. The Labute approximate surface area is 412 Å². The number of hydrogen-bond donors (Lipinski definition) is 2. The van der Waals surface area contributed by atoms with Gasteiger partial charge < -0.3 is 4.90 Å². The van der Waals surface area contributed by atoms with Crippen molar-refractivity contribution in [3.05, 3.63) is 167 Å². The maximum atomic E-state index is 14.2. The molecule has 0 bridgehead atoms. The number of anilines is 1. The summed E-state index contributed by atoms with van der Waals surface area (Å²) in [6.45, 7) is 10.1. The van der Waals surface area contributed by atoms with Crippen LogP contribution in [-0.4, -0.2) is 66.6 Å². The molecule has 12 heteroatoms. The van der Waals surface area contributed by atoms with Crippen molar-refractivity contribution in [2.24, 2.45) is 0 Å². The Morgan fingerprint density at radius 1 is 0.682 bits per heavy atom. The average Bonchev–Trinajstić information content (AvgIpc) is 3.63. The van der Waals surface area contributed by atoms with Gasteiger partial charge in [0.05, 0.1) is 16.9 Å². The van der Waals surface area contributed by atoms with Gasteiger partial charge in [-0.1, -0.05) is 111 Å². The summed E-state index contributed by atoms with van der Waals surface area (Å²) in [7, 11) is -8.16. The van der Waals surface area contributed by atoms with Gasteiger partial charge in [0.1, 0.15) is 6.54 Å². The third-order valence-corrected chi connectivity index (χ3v) is 15.2. The van der Waals surface area contributed by atoms with E-state index in [-0.39, 0.29) is 53.3 Å². The van der Waals surface area contributed by atoms with E-state index >= 15 is 0 Å². The second kappa shape index (κ2) is 20.0. The van der Waals surface area contributed by atoms with Crippen molar-refractivity contribution in [2.45, 2.75) is 89.9 Å². The van der Waals surface area contributed by atoms with E-state index in [4.69, 9.17) is 0 Å². The molecule has 0 amide bonds. The molecule has 0 spiro atoms. The van der Waals surface area contributed by atoms with E-state index < -0.39 is 31.1 Å². The second-order valence-electron chi connectivity index (χ2n) is 18.7. The molecular weight excluding hydrogens is 876 g/mol. The predicted octanol–water partition coefficient (Wildman–Crippen LogP) is 8.63. The van der Waals surface area contributed by atoms with Gasteiger partial charge in [-0.3, -0.25) is 13.9 Å². The van der Waals surface area contributed by atoms with Crippen LogP contribution in [0.3, 0.4) is 0 Å². The quantitative estimate of drug-likeness (QED) is 0.0331. The Balaban J connectivity index is 0.00000648. The molecule has 0 atom stereocenters. The van der Waals surface area contributed by atoms with Crippen LogP contribution in [0.1, 0.15) is 101 Å². The topological polar surface area (TPSA) is 132 Å². The molecule has 1 aliphatic carbocycles. The summed E-state index contributed by atoms with van der Waals surface area (Å²) in [5, 5.41) is 4.64. The van der Waals surface area contributed by atoms with Gasteiger partial charge in [-0.2, -0.15) is 21.4 Å². The Morgan fingerprint density at radius 2 is 1.29 bits per heavy atom. The third-order valence-electron chi connectivity index (χ3n) is 13.6. The zero-order chi connectivity index (χ0) is 46.1. The van der Waals surface area contributed by atoms with E-state index in [0.717, 1.165) is 69.5 Å². The first kappa shape index (κ1) is 49.4. The van der Waals surface area contributed by atoms with Crippen LogP contribution >= 0.6 is 0 Å². The summed E-state index contributed by atoms with van der Waals surface area (Å²) in [6.07, 6.45) is 13.3. The number of unbranched alkanes of at least 4 members (excludes halogenated alkanes) is 2. The molecule has 0 fully saturated rings. The van der Waals surface area contributed by atoms with E-state index in [1.165, 1.54) is 21.9 Å². The molecule has 5 aromatic carbocycles. The summed E-state index contributed by atoms with van der Waals surface area (Å²) in [5.74, 6) is -0.536. The number of benzene rings is 5. The minimum Gasteiger partial charge on any atom is -0.344 e. The van der Waals surface area contributed by atoms with Crippen molar-refractivity contribution in [1.29, 1.82) is 0 Å². The summed E-state index contributed by atoms with van der Waals surface area (Å²) >= 11 is 0. The summed E-state index contributed by atoms with van der Waals surface area (Å²) in [5.41, 5.74) is 9.80. The normalized spacial score (nSPS) is 18.2. The molecule has 0 saturated carbocycles. The number of hydrogen-bond acceptors (Lipinski definition) is 6. The van der Waals surface area contributed by atoms with Crippen LogP contribution in [0.4, 0.5) is 11.4 Å². The van der Waals surface area contributed by atoms with Crippen LogP contribution < -0.4 is 34.5 Å². The van der Waals surface area contributed by atoms with Crippen LogP contribution in [0.2, 0.25) is 0 Å². The number of allylic oxidation sites excluding steroid dienone is 8. The zero-order valence-electron chi connectivity index (χ0n) is 38.8. The summed E-state index contributed by atoms with van der Waals surface area (Å²) < 4.78 is 67.9. The van der Waals surface area contributed by atoms with E-state index in [9.17, 15) is 30.7 Å². The fourth-order valence-corrected chi connectivity index (χ4v) is 11.6. The van der Waals surface area contributed by atoms with E-state index in [1.54, 1.807) is 0 Å². The number of rotatable bonds is 16. The Bertz CT molecular complexity index is 3070. The molecule has 0 unspecified atom stereocenters. The smallest absolute Gasteiger partial charge is 0.344 e. The van der Waals surface area contributed by atoms with Gasteiger partial charge in [0.2, 0.25) is 5.69 Å². The largest absolute Gasteiger partial charge is 1.00 e. The van der Waals surface area contributed by atoms with Gasteiger partial charge in [-0.05, 0) is 114 Å². The average molecular weight is 935 g/mol. The van der Waals surface area contributed by atoms with Gasteiger partial charge in [0.25, 0.3) is 20.2 Å². The fraction of sp³-hybridized carbons (Fsp3) is 0.333. The summed E-state index contributed by atoms with van der Waals surface area (Å²) in [6, 6.07) is 34.8. The van der Waals surface area contributed by atoms with Crippen molar-refractivity contribution in [2.75, 3.05) is 29.5 Å². The van der Waals surface area contributed by atoms with Crippen molar-refractivity contribution in [1.82, 2.24) is 0 Å². The maximum Gasteiger partial charge on any atom is 1.00 e. The number of fused-ring (bicyclic) bond motifs is 6. The van der Waals surface area contributed by atoms with E-state index in [2.05, 4.69) is 122 Å². The monoisotopic (exact) mass is 934 g/mol. The van der Waals surface area contributed by atoms with Crippen molar-refractivity contribution in [3.63, 3.8) is 0 Å². The first-order chi connectivity index (χ1) is 30.9. The van der Waals surface area contributed by atoms with Crippen LogP contribution in [0.5, 0.6) is 0 Å². The molecule has 9 nitrogen and oxygen atoms in total. The molecular formula is C54H59N2NaO7S2+2. The first-order valence-corrected chi connectivity index (χ1v) is 25.9. The Morgan fingerprint density at radius 3 is 1.95 bits per heavy atom. The Hall–Kier alpha value is -4.46. The van der Waals surface area contributed by atoms with E-state index in [0.29, 0.717) is 44.3 Å². The number of ketones is 1. The number of Topliss-reactive ketones (excluding diaryl/α,β-unsaturated/α-hetero) is 1. The molecule has 8 rings (SSSR count). The molecule has 0 aromatic heterocycles. The molecule has 66 heavy (non-hydrogen) atoms. The molecule has 0 saturated heterocycles. The SMILES string of the molecule is CC1(C)C(/C=C/C2=C(CC(=O)c3ccccc3)C(=C/C=C3/N(CCCCS(=O)(=O)O)c4ccc5ccccc5c4C3(C)C)/CCC2)=[N+](CCCCS(=O)(=O)O)c2ccc3ccccc3c21.[Na+]. The molecule has 2 heterocycles. The number of carbonyl (C=O) groups is 1. The standard InChI is InChI=1S/C54H58N2O7S2.Na/c1-53(2)49(55(33-12-14-35-64(58,59)60)46-29-25-38-17-8-10-23-43(38)51(46)53)31-27-40-21-16-22-41(45(40)37-48(57)42-19-6-5-7-20-42)28-32-50-54(3,4)52-44-24-11-9-18-39(44)26-30-47(52)56(50)34-13-15-36-65(61,62)63;/h5-11,17-20,23-32H,12-16,21-22,33-37H2,1-4H3,(H-,58,59,60,61,62,63);/q;+1/p+1. The zero-order valence-corrected chi connectivity index (χ0v) is 42.4. The van der Waals surface area contributed by atoms with Crippen LogP contribution in [0.15, 0.2) is 150 Å². The van der Waals surface area contributed by atoms with Gasteiger partial charge in [0.15, 0.2) is 11.5 Å². The molecule has 0 radical (unpaired) electrons. The third kappa shape index (κ3) is 10.5. The van der Waals surface area contributed by atoms with Crippen LogP contribution in [0.25, 0.3) is 21.5 Å². The first-order valence-electron chi connectivity index (χ1n) is 22.7.